The van der Waals surface area contributed by atoms with Gasteiger partial charge in [-0.15, -0.1) is 0 Å². The predicted molar refractivity (Wildman–Crippen MR) is 72.2 cm³/mol. The second-order valence-electron chi connectivity index (χ2n) is 4.15. The number of nitrogens with two attached hydrogens (primary N) is 1. The molecule has 0 aromatic heterocycles. The predicted octanol–water partition coefficient (Wildman–Crippen LogP) is 3.41. The van der Waals surface area contributed by atoms with Crippen molar-refractivity contribution < 1.29 is 9.66 Å². The molecule has 0 aliphatic rings. The molecule has 0 aliphatic heterocycles. The van der Waals surface area contributed by atoms with E-state index in [1.54, 1.807) is 30.3 Å². The topological polar surface area (TPSA) is 78.4 Å². The zero-order valence-corrected chi connectivity index (χ0v) is 10.4. The van der Waals surface area contributed by atoms with E-state index >= 15 is 0 Å². The molecule has 5 nitrogen and oxygen atoms in total. The third-order valence-electron chi connectivity index (χ3n) is 2.69. The summed E-state index contributed by atoms with van der Waals surface area (Å²) in [6, 6.07) is 13.3. The Labute approximate surface area is 110 Å². The maximum atomic E-state index is 10.9. The Balaban J connectivity index is 2.39. The first-order chi connectivity index (χ1) is 9.09. The lowest BCUT2D eigenvalue weighted by atomic mass is 10.1. The smallest absolute Gasteiger partial charge is 0.311 e. The van der Waals surface area contributed by atoms with Gasteiger partial charge in [-0.25, -0.2) is 0 Å². The highest BCUT2D eigenvalue weighted by atomic mass is 16.6. The lowest BCUT2D eigenvalue weighted by Gasteiger charge is -2.13. The molecule has 0 radical (unpaired) electrons. The molecule has 0 saturated heterocycles. The van der Waals surface area contributed by atoms with Crippen LogP contribution in [0, 0.1) is 10.1 Å². The molecule has 98 valence electrons. The van der Waals surface area contributed by atoms with Gasteiger partial charge in [0.25, 0.3) is 0 Å². The maximum Gasteiger partial charge on any atom is 0.311 e. The summed E-state index contributed by atoms with van der Waals surface area (Å²) in [6.07, 6.45) is 0. The molecule has 0 spiro atoms. The summed E-state index contributed by atoms with van der Waals surface area (Å²) in [5.41, 5.74) is 6.59. The molecular formula is C14H14N2O3. The van der Waals surface area contributed by atoms with Crippen LogP contribution in [0.1, 0.15) is 18.5 Å². The number of hydrogen-bond acceptors (Lipinski definition) is 4. The van der Waals surface area contributed by atoms with Gasteiger partial charge >= 0.3 is 5.69 Å². The summed E-state index contributed by atoms with van der Waals surface area (Å²) in [4.78, 5) is 10.5. The fourth-order valence-corrected chi connectivity index (χ4v) is 1.76. The maximum absolute atomic E-state index is 10.9. The molecule has 0 aliphatic carbocycles. The average Bonchev–Trinajstić information content (AvgIpc) is 2.39. The normalized spacial score (nSPS) is 11.9. The van der Waals surface area contributed by atoms with Crippen LogP contribution in [0.5, 0.6) is 11.5 Å². The molecule has 2 aromatic carbocycles. The van der Waals surface area contributed by atoms with Gasteiger partial charge in [-0.05, 0) is 19.1 Å². The summed E-state index contributed by atoms with van der Waals surface area (Å²) in [7, 11) is 0. The Morgan fingerprint density at radius 2 is 1.68 bits per heavy atom. The van der Waals surface area contributed by atoms with Crippen molar-refractivity contribution in [2.75, 3.05) is 0 Å². The summed E-state index contributed by atoms with van der Waals surface area (Å²) >= 11 is 0. The van der Waals surface area contributed by atoms with E-state index in [-0.39, 0.29) is 17.5 Å². The molecule has 1 atom stereocenters. The standard InChI is InChI=1S/C14H14N2O3/c1-10(15)11-6-2-4-8-13(11)19-14-9-5-3-7-12(14)16(17)18/h2-10H,15H2,1H3/t10-/m0/s1. The van der Waals surface area contributed by atoms with Gasteiger partial charge < -0.3 is 10.5 Å². The number of hydrogen-bond donors (Lipinski definition) is 1. The van der Waals surface area contributed by atoms with Crippen molar-refractivity contribution in [2.45, 2.75) is 13.0 Å². The van der Waals surface area contributed by atoms with Crippen molar-refractivity contribution in [3.8, 4) is 11.5 Å². The van der Waals surface area contributed by atoms with Crippen LogP contribution in [0.25, 0.3) is 0 Å². The highest BCUT2D eigenvalue weighted by Crippen LogP contribution is 2.33. The highest BCUT2D eigenvalue weighted by molar-refractivity contribution is 5.49. The summed E-state index contributed by atoms with van der Waals surface area (Å²) in [5.74, 6) is 0.743. The minimum atomic E-state index is -0.468. The van der Waals surface area contributed by atoms with Gasteiger partial charge in [0.2, 0.25) is 5.75 Å². The number of rotatable bonds is 4. The van der Waals surface area contributed by atoms with Crippen LogP contribution < -0.4 is 10.5 Å². The molecule has 0 bridgehead atoms. The molecule has 5 heteroatoms. The van der Waals surface area contributed by atoms with Gasteiger partial charge in [0.15, 0.2) is 0 Å². The highest BCUT2D eigenvalue weighted by Gasteiger charge is 2.16. The molecule has 2 rings (SSSR count). The van der Waals surface area contributed by atoms with Crippen molar-refractivity contribution in [3.63, 3.8) is 0 Å². The van der Waals surface area contributed by atoms with E-state index in [0.29, 0.717) is 5.75 Å². The first-order valence-corrected chi connectivity index (χ1v) is 5.85. The number of ether oxygens (including phenoxy) is 1. The zero-order chi connectivity index (χ0) is 13.8. The molecule has 0 unspecified atom stereocenters. The van der Waals surface area contributed by atoms with Crippen LogP contribution >= 0.6 is 0 Å². The Morgan fingerprint density at radius 3 is 2.32 bits per heavy atom. The fourth-order valence-electron chi connectivity index (χ4n) is 1.76. The largest absolute Gasteiger partial charge is 0.450 e. The van der Waals surface area contributed by atoms with Crippen molar-refractivity contribution >= 4 is 5.69 Å². The Morgan fingerprint density at radius 1 is 1.11 bits per heavy atom. The number of nitro groups is 1. The van der Waals surface area contributed by atoms with Gasteiger partial charge in [0, 0.05) is 17.7 Å². The summed E-state index contributed by atoms with van der Waals surface area (Å²) in [6.45, 7) is 1.83. The van der Waals surface area contributed by atoms with Crippen LogP contribution in [0.4, 0.5) is 5.69 Å². The Hall–Kier alpha value is -2.40. The van der Waals surface area contributed by atoms with E-state index < -0.39 is 4.92 Å². The van der Waals surface area contributed by atoms with Gasteiger partial charge in [0.1, 0.15) is 5.75 Å². The second-order valence-corrected chi connectivity index (χ2v) is 4.15. The quantitative estimate of drug-likeness (QED) is 0.673. The average molecular weight is 258 g/mol. The lowest BCUT2D eigenvalue weighted by Crippen LogP contribution is -2.06. The minimum absolute atomic E-state index is 0.0676. The van der Waals surface area contributed by atoms with E-state index in [0.717, 1.165) is 5.56 Å². The van der Waals surface area contributed by atoms with Crippen LogP contribution in [0.15, 0.2) is 48.5 Å². The minimum Gasteiger partial charge on any atom is -0.450 e. The molecule has 0 saturated carbocycles. The molecule has 0 fully saturated rings. The van der Waals surface area contributed by atoms with Crippen molar-refractivity contribution in [1.29, 1.82) is 0 Å². The lowest BCUT2D eigenvalue weighted by molar-refractivity contribution is -0.385. The summed E-state index contributed by atoms with van der Waals surface area (Å²) < 4.78 is 5.64. The molecule has 0 amide bonds. The Kier molecular flexibility index (Phi) is 3.77. The molecule has 19 heavy (non-hydrogen) atoms. The van der Waals surface area contributed by atoms with Crippen LogP contribution in [0.2, 0.25) is 0 Å². The SMILES string of the molecule is C[C@H](N)c1ccccc1Oc1ccccc1[N+](=O)[O-]. The fraction of sp³-hybridized carbons (Fsp3) is 0.143. The van der Waals surface area contributed by atoms with Crippen LogP contribution in [-0.2, 0) is 0 Å². The van der Waals surface area contributed by atoms with Gasteiger partial charge in [0.05, 0.1) is 4.92 Å². The molecule has 2 aromatic rings. The number of para-hydroxylation sites is 3. The van der Waals surface area contributed by atoms with Gasteiger partial charge in [-0.1, -0.05) is 30.3 Å². The zero-order valence-electron chi connectivity index (χ0n) is 10.4. The first-order valence-electron chi connectivity index (χ1n) is 5.85. The number of nitro benzene ring substituents is 1. The van der Waals surface area contributed by atoms with E-state index in [4.69, 9.17) is 10.5 Å². The van der Waals surface area contributed by atoms with E-state index in [1.807, 2.05) is 19.1 Å². The third kappa shape index (κ3) is 2.89. The third-order valence-corrected chi connectivity index (χ3v) is 2.69. The number of benzene rings is 2. The number of nitrogens with zero attached hydrogens (tertiary/aromatic N) is 1. The molecule has 0 heterocycles. The van der Waals surface area contributed by atoms with Crippen LogP contribution in [0.3, 0.4) is 0 Å². The van der Waals surface area contributed by atoms with Crippen molar-refractivity contribution in [1.82, 2.24) is 0 Å². The van der Waals surface area contributed by atoms with Crippen LogP contribution in [-0.4, -0.2) is 4.92 Å². The van der Waals surface area contributed by atoms with Crippen molar-refractivity contribution in [2.24, 2.45) is 5.73 Å². The summed E-state index contributed by atoms with van der Waals surface area (Å²) in [5, 5.41) is 10.9. The molecule has 2 N–H and O–H groups in total. The van der Waals surface area contributed by atoms with E-state index in [2.05, 4.69) is 0 Å². The van der Waals surface area contributed by atoms with Gasteiger partial charge in [-0.3, -0.25) is 10.1 Å². The molecular weight excluding hydrogens is 244 g/mol. The van der Waals surface area contributed by atoms with Crippen molar-refractivity contribution in [3.05, 3.63) is 64.2 Å². The Bertz CT molecular complexity index is 597. The first kappa shape index (κ1) is 13.0. The second kappa shape index (κ2) is 5.49. The van der Waals surface area contributed by atoms with E-state index in [9.17, 15) is 10.1 Å². The van der Waals surface area contributed by atoms with E-state index in [1.165, 1.54) is 6.07 Å². The van der Waals surface area contributed by atoms with Gasteiger partial charge in [-0.2, -0.15) is 0 Å². The monoisotopic (exact) mass is 258 g/mol.